The Balaban J connectivity index is 1.64. The van der Waals surface area contributed by atoms with E-state index in [4.69, 9.17) is 14.2 Å². The third kappa shape index (κ3) is 21.9. The Kier molecular flexibility index (Phi) is 27.3. The number of carbonyl (C=O) groups is 2. The van der Waals surface area contributed by atoms with Crippen molar-refractivity contribution < 1.29 is 34.0 Å². The van der Waals surface area contributed by atoms with E-state index < -0.39 is 22.4 Å². The van der Waals surface area contributed by atoms with Crippen molar-refractivity contribution in [3.63, 3.8) is 0 Å². The van der Waals surface area contributed by atoms with E-state index in [1.165, 1.54) is 98.6 Å². The number of hydrogen-bond acceptors (Lipinski definition) is 12. The maximum Gasteiger partial charge on any atom is 0.328 e. The standard InChI is InChI=1S/C55H83N7O9/c1-5-9-13-17-21-25-31-59(32-26-22-18-14-10-6-2)51(67)42-69-44-37-45(70-43-52(68)60(33-27-23-19-15-11-7-3)34-28-24-20-16-12-8-4)39-46(38-44)71-55-57-53(61-35-29-47(63)49(65)40-61)56-54(58-55)62-36-30-48(64)50(66)41-62/h29-30,35-41,65-66H,5-28,31-34,42-43H2,1-4H3. The van der Waals surface area contributed by atoms with Gasteiger partial charge in [0.2, 0.25) is 22.8 Å². The highest BCUT2D eigenvalue weighted by molar-refractivity contribution is 5.78. The Hall–Kier alpha value is -5.93. The molecule has 2 N–H and O–H groups in total. The number of aromatic hydroxyl groups is 2. The van der Waals surface area contributed by atoms with Crippen LogP contribution in [0.3, 0.4) is 0 Å². The molecule has 0 atom stereocenters. The van der Waals surface area contributed by atoms with Gasteiger partial charge in [0.1, 0.15) is 17.2 Å². The van der Waals surface area contributed by atoms with Gasteiger partial charge in [0.25, 0.3) is 11.8 Å². The third-order valence-electron chi connectivity index (χ3n) is 12.5. The van der Waals surface area contributed by atoms with Gasteiger partial charge in [-0.3, -0.25) is 28.3 Å². The molecule has 1 aromatic carbocycles. The minimum Gasteiger partial charge on any atom is -0.503 e. The second kappa shape index (κ2) is 33.6. The lowest BCUT2D eigenvalue weighted by Gasteiger charge is -2.24. The van der Waals surface area contributed by atoms with E-state index in [0.29, 0.717) is 26.2 Å². The van der Waals surface area contributed by atoms with Crippen LogP contribution in [-0.2, 0) is 9.59 Å². The zero-order valence-electron chi connectivity index (χ0n) is 43.3. The van der Waals surface area contributed by atoms with Crippen LogP contribution in [0.5, 0.6) is 34.8 Å². The molecule has 0 radical (unpaired) electrons. The maximum atomic E-state index is 13.9. The maximum absolute atomic E-state index is 13.9. The van der Waals surface area contributed by atoms with Crippen LogP contribution in [0.2, 0.25) is 0 Å². The average Bonchev–Trinajstić information content (AvgIpc) is 3.36. The molecule has 16 heteroatoms. The summed E-state index contributed by atoms with van der Waals surface area (Å²) in [6.07, 6.45) is 31.8. The van der Waals surface area contributed by atoms with E-state index >= 15 is 0 Å². The fraction of sp³-hybridized carbons (Fsp3) is 0.618. The molecule has 4 aromatic rings. The largest absolute Gasteiger partial charge is 0.503 e. The molecule has 0 saturated heterocycles. The molecular formula is C55H83N7O9. The van der Waals surface area contributed by atoms with Crippen LogP contribution in [0.15, 0.2) is 64.7 Å². The minimum atomic E-state index is -0.612. The number of amides is 2. The van der Waals surface area contributed by atoms with Crippen LogP contribution in [0, 0.1) is 0 Å². The quantitative estimate of drug-likeness (QED) is 0.0405. The Morgan fingerprint density at radius 1 is 0.479 bits per heavy atom. The first kappa shape index (κ1) is 57.6. The highest BCUT2D eigenvalue weighted by Crippen LogP contribution is 2.31. The molecule has 4 rings (SSSR count). The van der Waals surface area contributed by atoms with Gasteiger partial charge in [0.15, 0.2) is 24.7 Å². The van der Waals surface area contributed by atoms with Crippen molar-refractivity contribution in [1.82, 2.24) is 33.9 Å². The zero-order chi connectivity index (χ0) is 51.1. The predicted molar refractivity (Wildman–Crippen MR) is 279 cm³/mol. The summed E-state index contributed by atoms with van der Waals surface area (Å²) in [5.74, 6) is -0.883. The Bertz CT molecular complexity index is 2100. The molecule has 3 heterocycles. The van der Waals surface area contributed by atoms with Gasteiger partial charge in [-0.05, 0) is 25.7 Å². The molecular weight excluding hydrogens is 903 g/mol. The number of nitrogens with zero attached hydrogens (tertiary/aromatic N) is 7. The van der Waals surface area contributed by atoms with Crippen molar-refractivity contribution in [3.8, 4) is 46.7 Å². The summed E-state index contributed by atoms with van der Waals surface area (Å²) in [5.41, 5.74) is -1.22. The Labute approximate surface area is 421 Å². The van der Waals surface area contributed by atoms with Gasteiger partial charge in [-0.2, -0.15) is 15.0 Å². The molecule has 71 heavy (non-hydrogen) atoms. The fourth-order valence-corrected chi connectivity index (χ4v) is 8.21. The smallest absolute Gasteiger partial charge is 0.328 e. The van der Waals surface area contributed by atoms with Gasteiger partial charge in [-0.1, -0.05) is 156 Å². The summed E-state index contributed by atoms with van der Waals surface area (Å²) in [6.45, 7) is 11.0. The number of carbonyl (C=O) groups excluding carboxylic acids is 2. The first-order chi connectivity index (χ1) is 34.5. The van der Waals surface area contributed by atoms with Crippen molar-refractivity contribution >= 4 is 11.8 Å². The van der Waals surface area contributed by atoms with Gasteiger partial charge in [0.05, 0.1) is 12.4 Å². The number of rotatable bonds is 38. The molecule has 0 aliphatic rings. The topological polar surface area (TPSA) is 191 Å². The number of unbranched alkanes of at least 4 members (excludes halogenated alkanes) is 20. The first-order valence-corrected chi connectivity index (χ1v) is 26.8. The van der Waals surface area contributed by atoms with Crippen LogP contribution in [0.1, 0.15) is 182 Å². The molecule has 0 bridgehead atoms. The van der Waals surface area contributed by atoms with E-state index in [1.54, 1.807) is 18.2 Å². The van der Waals surface area contributed by atoms with Gasteiger partial charge in [0, 0.05) is 68.9 Å². The second-order valence-electron chi connectivity index (χ2n) is 18.6. The number of benzene rings is 1. The fourth-order valence-electron chi connectivity index (χ4n) is 8.21. The number of ether oxygens (including phenoxy) is 3. The predicted octanol–water partition coefficient (Wildman–Crippen LogP) is 11.2. The van der Waals surface area contributed by atoms with Crippen molar-refractivity contribution in [3.05, 3.63) is 75.6 Å². The van der Waals surface area contributed by atoms with E-state index in [1.807, 2.05) is 9.80 Å². The lowest BCUT2D eigenvalue weighted by atomic mass is 10.1. The molecule has 392 valence electrons. The number of hydrogen-bond donors (Lipinski definition) is 2. The van der Waals surface area contributed by atoms with E-state index in [9.17, 15) is 29.4 Å². The highest BCUT2D eigenvalue weighted by atomic mass is 16.5. The SMILES string of the molecule is CCCCCCCCN(CCCCCCCC)C(=O)COc1cc(OCC(=O)N(CCCCCCCC)CCCCCCCC)cc(Oc2nc(-n3ccc(=O)c(O)c3)nc(-n3ccc(=O)c(O)c3)n2)c1. The van der Waals surface area contributed by atoms with Crippen LogP contribution >= 0.6 is 0 Å². The van der Waals surface area contributed by atoms with E-state index in [0.717, 1.165) is 102 Å². The van der Waals surface area contributed by atoms with Gasteiger partial charge in [-0.15, -0.1) is 0 Å². The lowest BCUT2D eigenvalue weighted by molar-refractivity contribution is -0.134. The number of pyridine rings is 2. The Morgan fingerprint density at radius 2 is 0.803 bits per heavy atom. The van der Waals surface area contributed by atoms with E-state index in [2.05, 4.69) is 42.6 Å². The molecule has 2 amide bonds. The van der Waals surface area contributed by atoms with Crippen molar-refractivity contribution in [1.29, 1.82) is 0 Å². The monoisotopic (exact) mass is 986 g/mol. The van der Waals surface area contributed by atoms with Crippen LogP contribution in [-0.4, -0.2) is 95.3 Å². The number of aromatic nitrogens is 5. The minimum absolute atomic E-state index is 0.0785. The van der Waals surface area contributed by atoms with Gasteiger partial charge in [-0.25, -0.2) is 0 Å². The molecule has 0 aliphatic heterocycles. The van der Waals surface area contributed by atoms with Crippen LogP contribution in [0.4, 0.5) is 0 Å². The van der Waals surface area contributed by atoms with Crippen molar-refractivity contribution in [2.24, 2.45) is 0 Å². The molecule has 0 unspecified atom stereocenters. The molecule has 3 aromatic heterocycles. The molecule has 0 aliphatic carbocycles. The molecule has 0 saturated carbocycles. The first-order valence-electron chi connectivity index (χ1n) is 26.8. The summed E-state index contributed by atoms with van der Waals surface area (Å²) < 4.78 is 21.3. The molecule has 0 fully saturated rings. The Morgan fingerprint density at radius 3 is 1.14 bits per heavy atom. The summed E-state index contributed by atoms with van der Waals surface area (Å²) in [7, 11) is 0. The average molecular weight is 986 g/mol. The summed E-state index contributed by atoms with van der Waals surface area (Å²) in [6, 6.07) is 6.78. The normalized spacial score (nSPS) is 11.2. The second-order valence-corrected chi connectivity index (χ2v) is 18.6. The summed E-state index contributed by atoms with van der Waals surface area (Å²) in [5, 5.41) is 20.5. The van der Waals surface area contributed by atoms with Crippen LogP contribution < -0.4 is 25.1 Å². The van der Waals surface area contributed by atoms with Crippen LogP contribution in [0.25, 0.3) is 11.9 Å². The van der Waals surface area contributed by atoms with Crippen molar-refractivity contribution in [2.75, 3.05) is 39.4 Å². The van der Waals surface area contributed by atoms with E-state index in [-0.39, 0.29) is 60.2 Å². The lowest BCUT2D eigenvalue weighted by Crippen LogP contribution is -2.36. The molecule has 16 nitrogen and oxygen atoms in total. The van der Waals surface area contributed by atoms with Crippen molar-refractivity contribution in [2.45, 2.75) is 182 Å². The highest BCUT2D eigenvalue weighted by Gasteiger charge is 2.19. The zero-order valence-corrected chi connectivity index (χ0v) is 43.3. The summed E-state index contributed by atoms with van der Waals surface area (Å²) >= 11 is 0. The van der Waals surface area contributed by atoms with Gasteiger partial charge >= 0.3 is 6.01 Å². The summed E-state index contributed by atoms with van der Waals surface area (Å²) in [4.78, 5) is 69.2. The molecule has 0 spiro atoms. The third-order valence-corrected chi connectivity index (χ3v) is 12.5. The van der Waals surface area contributed by atoms with Gasteiger partial charge < -0.3 is 34.2 Å².